The highest BCUT2D eigenvalue weighted by atomic mass is 32.1. The summed E-state index contributed by atoms with van der Waals surface area (Å²) in [6.45, 7) is 13.0. The molecule has 17 heavy (non-hydrogen) atoms. The molecule has 1 nitrogen and oxygen atoms in total. The van der Waals surface area contributed by atoms with Crippen molar-refractivity contribution in [3.05, 3.63) is 28.8 Å². The van der Waals surface area contributed by atoms with E-state index in [9.17, 15) is 5.11 Å². The number of thiol groups is 1. The van der Waals surface area contributed by atoms with E-state index in [1.54, 1.807) is 0 Å². The first-order chi connectivity index (χ1) is 7.57. The van der Waals surface area contributed by atoms with Crippen LogP contribution in [-0.4, -0.2) is 5.11 Å². The van der Waals surface area contributed by atoms with Crippen LogP contribution in [0.25, 0.3) is 0 Å². The van der Waals surface area contributed by atoms with E-state index >= 15 is 0 Å². The monoisotopic (exact) mass is 252 g/mol. The molecule has 1 aromatic carbocycles. The van der Waals surface area contributed by atoms with Crippen LogP contribution in [-0.2, 0) is 16.6 Å². The molecule has 1 N–H and O–H groups in total. The van der Waals surface area contributed by atoms with Gasteiger partial charge in [0.1, 0.15) is 5.75 Å². The van der Waals surface area contributed by atoms with Crippen LogP contribution in [0.2, 0.25) is 0 Å². The third-order valence-electron chi connectivity index (χ3n) is 3.01. The molecule has 0 unspecified atom stereocenters. The normalized spacial score (nSPS) is 12.9. The van der Waals surface area contributed by atoms with E-state index in [0.717, 1.165) is 0 Å². The van der Waals surface area contributed by atoms with Gasteiger partial charge in [0.2, 0.25) is 0 Å². The van der Waals surface area contributed by atoms with Gasteiger partial charge >= 0.3 is 0 Å². The van der Waals surface area contributed by atoms with E-state index < -0.39 is 0 Å². The molecule has 0 aliphatic carbocycles. The maximum absolute atomic E-state index is 9.92. The van der Waals surface area contributed by atoms with Gasteiger partial charge in [0.15, 0.2) is 0 Å². The van der Waals surface area contributed by atoms with E-state index in [4.69, 9.17) is 0 Å². The summed E-state index contributed by atoms with van der Waals surface area (Å²) in [6.07, 6.45) is 0. The molecule has 0 aromatic heterocycles. The highest BCUT2D eigenvalue weighted by Crippen LogP contribution is 2.37. The fourth-order valence-corrected chi connectivity index (χ4v) is 2.51. The average molecular weight is 252 g/mol. The number of phenols is 1. The van der Waals surface area contributed by atoms with Crippen molar-refractivity contribution in [3.63, 3.8) is 0 Å². The summed E-state index contributed by atoms with van der Waals surface area (Å²) in [5.41, 5.74) is 3.69. The summed E-state index contributed by atoms with van der Waals surface area (Å²) in [7, 11) is 0. The zero-order valence-corrected chi connectivity index (χ0v) is 12.7. The van der Waals surface area contributed by atoms with E-state index in [0.29, 0.717) is 11.5 Å². The van der Waals surface area contributed by atoms with Crippen molar-refractivity contribution in [2.75, 3.05) is 0 Å². The van der Waals surface area contributed by atoms with Gasteiger partial charge in [-0.05, 0) is 39.7 Å². The fraction of sp³-hybridized carbons (Fsp3) is 0.600. The molecule has 0 saturated carbocycles. The quantitative estimate of drug-likeness (QED) is 0.709. The van der Waals surface area contributed by atoms with Crippen molar-refractivity contribution in [1.29, 1.82) is 0 Å². The molecule has 0 aliphatic heterocycles. The molecule has 1 rings (SSSR count). The predicted octanol–water partition coefficient (Wildman–Crippen LogP) is 4.42. The van der Waals surface area contributed by atoms with E-state index in [1.807, 2.05) is 12.1 Å². The molecular weight excluding hydrogens is 228 g/mol. The van der Waals surface area contributed by atoms with Gasteiger partial charge in [-0.2, -0.15) is 12.6 Å². The Labute approximate surface area is 111 Å². The lowest BCUT2D eigenvalue weighted by Gasteiger charge is -2.29. The Morgan fingerprint density at radius 2 is 1.29 bits per heavy atom. The Morgan fingerprint density at radius 1 is 0.941 bits per heavy atom. The summed E-state index contributed by atoms with van der Waals surface area (Å²) < 4.78 is 0. The summed E-state index contributed by atoms with van der Waals surface area (Å²) in [4.78, 5) is 0. The number of aromatic hydroxyl groups is 1. The van der Waals surface area contributed by atoms with Crippen LogP contribution in [0.4, 0.5) is 0 Å². The number of hydrogen-bond donors (Lipinski definition) is 2. The smallest absolute Gasteiger partial charge is 0.116 e. The minimum absolute atomic E-state index is 0.0246. The minimum atomic E-state index is 0.0246. The van der Waals surface area contributed by atoms with Crippen LogP contribution in [0.5, 0.6) is 5.75 Å². The predicted molar refractivity (Wildman–Crippen MR) is 78.2 cm³/mol. The van der Waals surface area contributed by atoms with Gasteiger partial charge < -0.3 is 5.11 Å². The molecule has 0 atom stereocenters. The summed E-state index contributed by atoms with van der Waals surface area (Å²) in [5.74, 6) is 1.06. The molecule has 1 aromatic rings. The lowest BCUT2D eigenvalue weighted by Crippen LogP contribution is -2.20. The standard InChI is InChI=1S/C15H24OS/c1-14(2,3)12-7-10(16)8-13(11(12)9-17)15(4,5)6/h7-8,16-17H,9H2,1-6H3. The van der Waals surface area contributed by atoms with Crippen molar-refractivity contribution in [1.82, 2.24) is 0 Å². The van der Waals surface area contributed by atoms with Crippen LogP contribution in [0.3, 0.4) is 0 Å². The zero-order valence-electron chi connectivity index (χ0n) is 11.8. The molecule has 0 saturated heterocycles. The number of rotatable bonds is 1. The van der Waals surface area contributed by atoms with Crippen LogP contribution in [0, 0.1) is 0 Å². The molecule has 0 bridgehead atoms. The average Bonchev–Trinajstić information content (AvgIpc) is 2.13. The highest BCUT2D eigenvalue weighted by Gasteiger charge is 2.25. The van der Waals surface area contributed by atoms with Gasteiger partial charge in [0.05, 0.1) is 0 Å². The van der Waals surface area contributed by atoms with Crippen LogP contribution < -0.4 is 0 Å². The lowest BCUT2D eigenvalue weighted by molar-refractivity contribution is 0.464. The summed E-state index contributed by atoms with van der Waals surface area (Å²) in [5, 5.41) is 9.92. The Hall–Kier alpha value is -0.630. The highest BCUT2D eigenvalue weighted by molar-refractivity contribution is 7.79. The van der Waals surface area contributed by atoms with E-state index in [-0.39, 0.29) is 10.8 Å². The van der Waals surface area contributed by atoms with Gasteiger partial charge in [0, 0.05) is 5.75 Å². The van der Waals surface area contributed by atoms with Crippen molar-refractivity contribution in [3.8, 4) is 5.75 Å². The second kappa shape index (κ2) is 4.56. The molecule has 0 radical (unpaired) electrons. The van der Waals surface area contributed by atoms with Gasteiger partial charge in [-0.1, -0.05) is 41.5 Å². The van der Waals surface area contributed by atoms with Crippen molar-refractivity contribution >= 4 is 12.6 Å². The van der Waals surface area contributed by atoms with Crippen molar-refractivity contribution in [2.24, 2.45) is 0 Å². The molecule has 0 heterocycles. The van der Waals surface area contributed by atoms with Gasteiger partial charge in [-0.3, -0.25) is 0 Å². The molecule has 0 aliphatic rings. The molecule has 96 valence electrons. The Bertz CT molecular complexity index is 373. The Kier molecular flexibility index (Phi) is 3.87. The number of benzene rings is 1. The lowest BCUT2D eigenvalue weighted by atomic mass is 9.76. The first kappa shape index (κ1) is 14.4. The molecule has 2 heteroatoms. The first-order valence-electron chi connectivity index (χ1n) is 6.05. The largest absolute Gasteiger partial charge is 0.508 e. The third-order valence-corrected chi connectivity index (χ3v) is 3.33. The van der Waals surface area contributed by atoms with Crippen LogP contribution in [0.1, 0.15) is 58.2 Å². The number of hydrogen-bond acceptors (Lipinski definition) is 2. The SMILES string of the molecule is CC(C)(C)c1cc(O)cc(C(C)(C)C)c1CS. The summed E-state index contributed by atoms with van der Waals surface area (Å²) in [6, 6.07) is 3.75. The first-order valence-corrected chi connectivity index (χ1v) is 6.68. The summed E-state index contributed by atoms with van der Waals surface area (Å²) >= 11 is 4.47. The molecular formula is C15H24OS. The Morgan fingerprint density at radius 3 is 1.53 bits per heavy atom. The van der Waals surface area contributed by atoms with Crippen molar-refractivity contribution < 1.29 is 5.11 Å². The van der Waals surface area contributed by atoms with Gasteiger partial charge in [-0.15, -0.1) is 0 Å². The Balaban J connectivity index is 3.58. The second-order valence-corrected chi connectivity index (χ2v) is 6.99. The molecule has 0 spiro atoms. The maximum Gasteiger partial charge on any atom is 0.116 e. The maximum atomic E-state index is 9.92. The minimum Gasteiger partial charge on any atom is -0.508 e. The zero-order chi connectivity index (χ0) is 13.4. The van der Waals surface area contributed by atoms with E-state index in [1.165, 1.54) is 16.7 Å². The third kappa shape index (κ3) is 3.19. The van der Waals surface area contributed by atoms with Gasteiger partial charge in [0.25, 0.3) is 0 Å². The van der Waals surface area contributed by atoms with Crippen molar-refractivity contribution in [2.45, 2.75) is 58.1 Å². The van der Waals surface area contributed by atoms with E-state index in [2.05, 4.69) is 54.2 Å². The second-order valence-electron chi connectivity index (χ2n) is 6.68. The molecule has 0 amide bonds. The van der Waals surface area contributed by atoms with Crippen LogP contribution >= 0.6 is 12.6 Å². The topological polar surface area (TPSA) is 20.2 Å². The fourth-order valence-electron chi connectivity index (χ4n) is 2.17. The van der Waals surface area contributed by atoms with Crippen LogP contribution in [0.15, 0.2) is 12.1 Å². The number of phenolic OH excluding ortho intramolecular Hbond substituents is 1. The van der Waals surface area contributed by atoms with Gasteiger partial charge in [-0.25, -0.2) is 0 Å². The molecule has 0 fully saturated rings.